The quantitative estimate of drug-likeness (QED) is 0.337. The van der Waals surface area contributed by atoms with E-state index in [-0.39, 0.29) is 17.8 Å². The number of anilines is 1. The molecule has 3 aromatic carbocycles. The van der Waals surface area contributed by atoms with Crippen LogP contribution in [0.1, 0.15) is 28.4 Å². The van der Waals surface area contributed by atoms with Gasteiger partial charge in [-0.25, -0.2) is 9.18 Å². The van der Waals surface area contributed by atoms with E-state index in [0.717, 1.165) is 28.8 Å². The van der Waals surface area contributed by atoms with Gasteiger partial charge in [-0.05, 0) is 48.7 Å². The van der Waals surface area contributed by atoms with Crippen LogP contribution in [0.5, 0.6) is 0 Å². The first-order valence-electron chi connectivity index (χ1n) is 10.2. The summed E-state index contributed by atoms with van der Waals surface area (Å²) in [5.41, 5.74) is 5.65. The molecule has 1 atom stereocenters. The van der Waals surface area contributed by atoms with Crippen molar-refractivity contribution in [3.8, 4) is 0 Å². The van der Waals surface area contributed by atoms with Gasteiger partial charge in [0, 0.05) is 27.6 Å². The van der Waals surface area contributed by atoms with Crippen LogP contribution in [0.4, 0.5) is 14.9 Å². The first kappa shape index (κ1) is 19.8. The van der Waals surface area contributed by atoms with Crippen molar-refractivity contribution in [3.05, 3.63) is 99.4 Å². The van der Waals surface area contributed by atoms with Crippen LogP contribution in [0.25, 0.3) is 10.9 Å². The summed E-state index contributed by atoms with van der Waals surface area (Å²) >= 11 is 3.25. The van der Waals surface area contributed by atoms with Gasteiger partial charge in [0.15, 0.2) is 0 Å². The van der Waals surface area contributed by atoms with Crippen LogP contribution in [0, 0.1) is 12.7 Å². The number of benzene rings is 3. The highest BCUT2D eigenvalue weighted by atomic mass is 79.9. The monoisotopic (exact) mass is 477 g/mol. The number of rotatable bonds is 2. The molecule has 0 radical (unpaired) electrons. The summed E-state index contributed by atoms with van der Waals surface area (Å²) in [6.45, 7) is 2.58. The van der Waals surface area contributed by atoms with Crippen LogP contribution in [0.2, 0.25) is 0 Å². The third kappa shape index (κ3) is 3.61. The third-order valence-corrected chi connectivity index (χ3v) is 6.35. The maximum absolute atomic E-state index is 14.4. The number of carbonyl (C=O) groups excluding carboxylic acids is 1. The number of halogens is 2. The van der Waals surface area contributed by atoms with E-state index in [0.29, 0.717) is 11.0 Å². The van der Waals surface area contributed by atoms with Gasteiger partial charge in [-0.3, -0.25) is 0 Å². The molecule has 0 spiro atoms. The molecule has 6 heteroatoms. The maximum atomic E-state index is 14.4. The SMILES string of the molecule is Cc1ccc([C@@H]2c3[nH]c4ccccc4c3CCN2C(=O)Nc2ccc(Br)cc2F)cc1. The molecule has 0 unspecified atom stereocenters. The van der Waals surface area contributed by atoms with Crippen LogP contribution >= 0.6 is 15.9 Å². The number of nitrogens with one attached hydrogen (secondary N) is 2. The van der Waals surface area contributed by atoms with E-state index in [9.17, 15) is 9.18 Å². The second-order valence-corrected chi connectivity index (χ2v) is 8.79. The molecule has 31 heavy (non-hydrogen) atoms. The predicted octanol–water partition coefficient (Wildman–Crippen LogP) is 6.56. The average molecular weight is 478 g/mol. The lowest BCUT2D eigenvalue weighted by atomic mass is 9.92. The van der Waals surface area contributed by atoms with Crippen LogP contribution in [-0.4, -0.2) is 22.5 Å². The van der Waals surface area contributed by atoms with Crippen molar-refractivity contribution in [2.75, 3.05) is 11.9 Å². The van der Waals surface area contributed by atoms with E-state index >= 15 is 0 Å². The second kappa shape index (κ2) is 7.85. The van der Waals surface area contributed by atoms with Crippen LogP contribution in [0.15, 0.2) is 71.2 Å². The van der Waals surface area contributed by atoms with Gasteiger partial charge in [-0.2, -0.15) is 0 Å². The number of aryl methyl sites for hydroxylation is 1. The molecule has 2 N–H and O–H groups in total. The fourth-order valence-corrected chi connectivity index (χ4v) is 4.67. The standard InChI is InChI=1S/C25H21BrFN3O/c1-15-6-8-16(9-7-15)24-23-19(18-4-2-3-5-21(18)28-23)12-13-30(24)25(31)29-22-11-10-17(26)14-20(22)27/h2-11,14,24,28H,12-13H2,1H3,(H,29,31)/t24-/m1/s1. The molecule has 1 aromatic heterocycles. The van der Waals surface area contributed by atoms with Gasteiger partial charge in [-0.1, -0.05) is 64.0 Å². The Balaban J connectivity index is 1.57. The summed E-state index contributed by atoms with van der Waals surface area (Å²) in [5, 5.41) is 3.95. The number of para-hydroxylation sites is 1. The van der Waals surface area contributed by atoms with Crippen molar-refractivity contribution >= 4 is 38.6 Å². The molecule has 156 valence electrons. The number of carbonyl (C=O) groups is 1. The Kier molecular flexibility index (Phi) is 5.02. The van der Waals surface area contributed by atoms with Gasteiger partial charge >= 0.3 is 6.03 Å². The Bertz CT molecular complexity index is 1280. The highest BCUT2D eigenvalue weighted by Gasteiger charge is 2.34. The highest BCUT2D eigenvalue weighted by Crippen LogP contribution is 2.38. The van der Waals surface area contributed by atoms with Crippen molar-refractivity contribution in [3.63, 3.8) is 0 Å². The van der Waals surface area contributed by atoms with Gasteiger partial charge < -0.3 is 15.2 Å². The van der Waals surface area contributed by atoms with E-state index in [1.807, 2.05) is 19.1 Å². The fraction of sp³-hybridized carbons (Fsp3) is 0.160. The minimum absolute atomic E-state index is 0.165. The molecule has 0 saturated carbocycles. The van der Waals surface area contributed by atoms with Crippen molar-refractivity contribution in [2.45, 2.75) is 19.4 Å². The molecular weight excluding hydrogens is 457 g/mol. The smallest absolute Gasteiger partial charge is 0.322 e. The zero-order chi connectivity index (χ0) is 21.5. The molecule has 4 nitrogen and oxygen atoms in total. The lowest BCUT2D eigenvalue weighted by Crippen LogP contribution is -2.43. The normalized spacial score (nSPS) is 15.7. The largest absolute Gasteiger partial charge is 0.356 e. The zero-order valence-electron chi connectivity index (χ0n) is 17.0. The molecule has 2 heterocycles. The zero-order valence-corrected chi connectivity index (χ0v) is 18.5. The van der Waals surface area contributed by atoms with E-state index in [4.69, 9.17) is 0 Å². The number of H-pyrrole nitrogens is 1. The van der Waals surface area contributed by atoms with Gasteiger partial charge in [0.05, 0.1) is 11.7 Å². The molecule has 2 amide bonds. The summed E-state index contributed by atoms with van der Waals surface area (Å²) in [4.78, 5) is 18.6. The minimum atomic E-state index is -0.474. The van der Waals surface area contributed by atoms with Crippen molar-refractivity contribution in [1.29, 1.82) is 0 Å². The minimum Gasteiger partial charge on any atom is -0.356 e. The Morgan fingerprint density at radius 2 is 1.90 bits per heavy atom. The Hall–Kier alpha value is -3.12. The first-order chi connectivity index (χ1) is 15.0. The Morgan fingerprint density at radius 3 is 2.68 bits per heavy atom. The van der Waals surface area contributed by atoms with Crippen molar-refractivity contribution < 1.29 is 9.18 Å². The van der Waals surface area contributed by atoms with E-state index < -0.39 is 5.82 Å². The topological polar surface area (TPSA) is 48.1 Å². The van der Waals surface area contributed by atoms with Crippen LogP contribution in [0.3, 0.4) is 0 Å². The number of hydrogen-bond acceptors (Lipinski definition) is 1. The lowest BCUT2D eigenvalue weighted by Gasteiger charge is -2.36. The van der Waals surface area contributed by atoms with Crippen molar-refractivity contribution in [1.82, 2.24) is 9.88 Å². The summed E-state index contributed by atoms with van der Waals surface area (Å²) in [5.74, 6) is -0.474. The van der Waals surface area contributed by atoms with E-state index in [1.165, 1.54) is 17.0 Å². The molecule has 0 fully saturated rings. The number of aromatic amines is 1. The molecule has 5 rings (SSSR count). The predicted molar refractivity (Wildman–Crippen MR) is 125 cm³/mol. The number of fused-ring (bicyclic) bond motifs is 3. The number of amides is 2. The average Bonchev–Trinajstić information content (AvgIpc) is 3.14. The molecule has 0 bridgehead atoms. The third-order valence-electron chi connectivity index (χ3n) is 5.86. The summed E-state index contributed by atoms with van der Waals surface area (Å²) in [7, 11) is 0. The Morgan fingerprint density at radius 1 is 1.13 bits per heavy atom. The summed E-state index contributed by atoms with van der Waals surface area (Å²) < 4.78 is 15.0. The lowest BCUT2D eigenvalue weighted by molar-refractivity contribution is 0.193. The van der Waals surface area contributed by atoms with Gasteiger partial charge in [-0.15, -0.1) is 0 Å². The number of aromatic nitrogens is 1. The van der Waals surface area contributed by atoms with Gasteiger partial charge in [0.1, 0.15) is 5.82 Å². The number of hydrogen-bond donors (Lipinski definition) is 2. The number of nitrogens with zero attached hydrogens (tertiary/aromatic N) is 1. The summed E-state index contributed by atoms with van der Waals surface area (Å²) in [6.07, 6.45) is 0.734. The molecule has 1 aliphatic heterocycles. The maximum Gasteiger partial charge on any atom is 0.322 e. The molecule has 0 aliphatic carbocycles. The molecule has 1 aliphatic rings. The van der Waals surface area contributed by atoms with Crippen LogP contribution in [-0.2, 0) is 6.42 Å². The molecular formula is C25H21BrFN3O. The van der Waals surface area contributed by atoms with Gasteiger partial charge in [0.2, 0.25) is 0 Å². The molecule has 0 saturated heterocycles. The number of urea groups is 1. The van der Waals surface area contributed by atoms with Crippen LogP contribution < -0.4 is 5.32 Å². The summed E-state index contributed by atoms with van der Waals surface area (Å²) in [6, 6.07) is 20.4. The van der Waals surface area contributed by atoms with Gasteiger partial charge in [0.25, 0.3) is 0 Å². The van der Waals surface area contributed by atoms with E-state index in [1.54, 1.807) is 17.0 Å². The fourth-order valence-electron chi connectivity index (χ4n) is 4.33. The Labute approximate surface area is 188 Å². The second-order valence-electron chi connectivity index (χ2n) is 7.87. The first-order valence-corrected chi connectivity index (χ1v) is 11.0. The van der Waals surface area contributed by atoms with E-state index in [2.05, 4.69) is 62.6 Å². The highest BCUT2D eigenvalue weighted by molar-refractivity contribution is 9.10. The molecule has 4 aromatic rings. The van der Waals surface area contributed by atoms with Crippen molar-refractivity contribution in [2.24, 2.45) is 0 Å².